The summed E-state index contributed by atoms with van der Waals surface area (Å²) < 4.78 is 0. The molecule has 0 saturated heterocycles. The van der Waals surface area contributed by atoms with Crippen molar-refractivity contribution in [3.05, 3.63) is 29.8 Å². The lowest BCUT2D eigenvalue weighted by Crippen LogP contribution is -2.45. The summed E-state index contributed by atoms with van der Waals surface area (Å²) in [6.45, 7) is 4.34. The zero-order valence-corrected chi connectivity index (χ0v) is 13.2. The maximum absolute atomic E-state index is 12.4. The first kappa shape index (κ1) is 17.5. The molecule has 1 amide bonds. The van der Waals surface area contributed by atoms with Crippen LogP contribution in [0.4, 0.5) is 0 Å². The van der Waals surface area contributed by atoms with E-state index < -0.39 is 6.04 Å². The van der Waals surface area contributed by atoms with Crippen LogP contribution in [0.15, 0.2) is 24.3 Å². The van der Waals surface area contributed by atoms with Gasteiger partial charge in [0.05, 0.1) is 6.04 Å². The predicted molar refractivity (Wildman–Crippen MR) is 85.2 cm³/mol. The summed E-state index contributed by atoms with van der Waals surface area (Å²) >= 11 is 0. The number of hydrogen-bond acceptors (Lipinski definition) is 4. The number of rotatable bonds is 8. The lowest BCUT2D eigenvalue weighted by atomic mass is 10.1. The highest BCUT2D eigenvalue weighted by Crippen LogP contribution is 2.11. The topological polar surface area (TPSA) is 69.8 Å². The van der Waals surface area contributed by atoms with Crippen molar-refractivity contribution in [3.63, 3.8) is 0 Å². The van der Waals surface area contributed by atoms with Crippen molar-refractivity contribution in [1.82, 2.24) is 9.80 Å². The largest absolute Gasteiger partial charge is 0.508 e. The molecule has 0 bridgehead atoms. The van der Waals surface area contributed by atoms with Crippen LogP contribution in [0.5, 0.6) is 5.75 Å². The molecule has 118 valence electrons. The normalized spacial score (nSPS) is 12.4. The van der Waals surface area contributed by atoms with Crippen LogP contribution >= 0.6 is 0 Å². The summed E-state index contributed by atoms with van der Waals surface area (Å²) in [6, 6.07) is 6.28. The lowest BCUT2D eigenvalue weighted by molar-refractivity contribution is -0.132. The third-order valence-corrected chi connectivity index (χ3v) is 3.44. The summed E-state index contributed by atoms with van der Waals surface area (Å²) in [5.74, 6) is 0.210. The van der Waals surface area contributed by atoms with Gasteiger partial charge in [0.15, 0.2) is 0 Å². The fourth-order valence-electron chi connectivity index (χ4n) is 2.21. The van der Waals surface area contributed by atoms with E-state index in [2.05, 4.69) is 4.90 Å². The molecule has 1 aromatic rings. The van der Waals surface area contributed by atoms with Crippen LogP contribution in [0, 0.1) is 0 Å². The molecular weight excluding hydrogens is 266 g/mol. The second-order valence-electron chi connectivity index (χ2n) is 5.55. The third kappa shape index (κ3) is 6.14. The van der Waals surface area contributed by atoms with Crippen molar-refractivity contribution in [2.75, 3.05) is 33.7 Å². The molecule has 0 aromatic heterocycles. The maximum Gasteiger partial charge on any atom is 0.239 e. The Hall–Kier alpha value is -1.59. The van der Waals surface area contributed by atoms with E-state index in [1.54, 1.807) is 24.3 Å². The molecule has 1 rings (SSSR count). The van der Waals surface area contributed by atoms with Crippen LogP contribution in [0.25, 0.3) is 0 Å². The number of nitrogens with two attached hydrogens (primary N) is 1. The van der Waals surface area contributed by atoms with E-state index in [4.69, 9.17) is 5.73 Å². The molecule has 0 unspecified atom stereocenters. The van der Waals surface area contributed by atoms with Crippen molar-refractivity contribution in [3.8, 4) is 5.75 Å². The first-order valence-corrected chi connectivity index (χ1v) is 7.41. The molecule has 0 aliphatic heterocycles. The number of nitrogens with zero attached hydrogens (tertiary/aromatic N) is 2. The van der Waals surface area contributed by atoms with Crippen LogP contribution in [-0.4, -0.2) is 60.6 Å². The Morgan fingerprint density at radius 2 is 1.86 bits per heavy atom. The van der Waals surface area contributed by atoms with Crippen molar-refractivity contribution in [1.29, 1.82) is 0 Å². The summed E-state index contributed by atoms with van der Waals surface area (Å²) in [5, 5.41) is 9.26. The van der Waals surface area contributed by atoms with Crippen molar-refractivity contribution < 1.29 is 9.90 Å². The number of likely N-dealkylation sites (N-methyl/N-ethyl adjacent to an activating group) is 1. The first-order chi connectivity index (χ1) is 9.93. The van der Waals surface area contributed by atoms with Gasteiger partial charge in [0.1, 0.15) is 5.75 Å². The van der Waals surface area contributed by atoms with E-state index in [-0.39, 0.29) is 11.7 Å². The molecule has 0 fully saturated rings. The van der Waals surface area contributed by atoms with Gasteiger partial charge < -0.3 is 20.6 Å². The fraction of sp³-hybridized carbons (Fsp3) is 0.562. The molecule has 0 heterocycles. The summed E-state index contributed by atoms with van der Waals surface area (Å²) in [5.41, 5.74) is 6.99. The van der Waals surface area contributed by atoms with Gasteiger partial charge >= 0.3 is 0 Å². The summed E-state index contributed by atoms with van der Waals surface area (Å²) in [7, 11) is 4.04. The van der Waals surface area contributed by atoms with Crippen LogP contribution < -0.4 is 5.73 Å². The van der Waals surface area contributed by atoms with Crippen LogP contribution in [-0.2, 0) is 11.2 Å². The number of carbonyl (C=O) groups excluding carboxylic acids is 1. The Morgan fingerprint density at radius 1 is 1.24 bits per heavy atom. The Kier molecular flexibility index (Phi) is 7.19. The van der Waals surface area contributed by atoms with E-state index in [0.29, 0.717) is 13.0 Å². The van der Waals surface area contributed by atoms with Crippen molar-refractivity contribution in [2.24, 2.45) is 5.73 Å². The van der Waals surface area contributed by atoms with Gasteiger partial charge in [0, 0.05) is 13.1 Å². The smallest absolute Gasteiger partial charge is 0.239 e. The van der Waals surface area contributed by atoms with Gasteiger partial charge in [-0.15, -0.1) is 0 Å². The number of hydrogen-bond donors (Lipinski definition) is 2. The zero-order valence-electron chi connectivity index (χ0n) is 13.2. The fourth-order valence-corrected chi connectivity index (χ4v) is 2.21. The lowest BCUT2D eigenvalue weighted by Gasteiger charge is -2.25. The molecule has 3 N–H and O–H groups in total. The molecule has 0 radical (unpaired) electrons. The molecule has 5 nitrogen and oxygen atoms in total. The van der Waals surface area contributed by atoms with Crippen LogP contribution in [0.3, 0.4) is 0 Å². The van der Waals surface area contributed by atoms with Crippen LogP contribution in [0.2, 0.25) is 0 Å². The van der Waals surface area contributed by atoms with E-state index in [1.165, 1.54) is 0 Å². The van der Waals surface area contributed by atoms with Gasteiger partial charge in [0.25, 0.3) is 0 Å². The van der Waals surface area contributed by atoms with Gasteiger partial charge in [-0.25, -0.2) is 0 Å². The minimum atomic E-state index is -0.533. The molecule has 21 heavy (non-hydrogen) atoms. The maximum atomic E-state index is 12.4. The van der Waals surface area contributed by atoms with Gasteiger partial charge in [-0.3, -0.25) is 4.79 Å². The first-order valence-electron chi connectivity index (χ1n) is 7.41. The summed E-state index contributed by atoms with van der Waals surface area (Å²) in [6.07, 6.45) is 1.43. The highest BCUT2D eigenvalue weighted by molar-refractivity contribution is 5.82. The number of benzene rings is 1. The van der Waals surface area contributed by atoms with E-state index in [9.17, 15) is 9.90 Å². The number of amides is 1. The zero-order chi connectivity index (χ0) is 15.8. The molecule has 0 aliphatic carbocycles. The number of phenols is 1. The highest BCUT2D eigenvalue weighted by Gasteiger charge is 2.19. The van der Waals surface area contributed by atoms with E-state index in [1.807, 2.05) is 25.9 Å². The van der Waals surface area contributed by atoms with Gasteiger partial charge in [-0.2, -0.15) is 0 Å². The van der Waals surface area contributed by atoms with E-state index in [0.717, 1.165) is 25.1 Å². The number of aromatic hydroxyl groups is 1. The van der Waals surface area contributed by atoms with E-state index >= 15 is 0 Å². The van der Waals surface area contributed by atoms with Crippen molar-refractivity contribution in [2.45, 2.75) is 25.8 Å². The average Bonchev–Trinajstić information content (AvgIpc) is 2.45. The molecule has 5 heteroatoms. The number of carbonyl (C=O) groups is 1. The molecule has 1 atom stereocenters. The molecule has 0 aliphatic rings. The Labute approximate surface area is 127 Å². The monoisotopic (exact) mass is 293 g/mol. The molecule has 1 aromatic carbocycles. The Bertz CT molecular complexity index is 432. The SMILES string of the molecule is CCN(CCCN(C)C)C(=O)[C@H](N)Cc1ccc(O)cc1. The average molecular weight is 293 g/mol. The third-order valence-electron chi connectivity index (χ3n) is 3.44. The second kappa shape index (κ2) is 8.64. The molecule has 0 saturated carbocycles. The molecule has 0 spiro atoms. The quantitative estimate of drug-likeness (QED) is 0.752. The van der Waals surface area contributed by atoms with Crippen molar-refractivity contribution >= 4 is 5.91 Å². The molecular formula is C16H27N3O2. The number of phenolic OH excluding ortho intramolecular Hbond substituents is 1. The Balaban J connectivity index is 2.52. The standard InChI is InChI=1S/C16H27N3O2/c1-4-19(11-5-10-18(2)3)16(21)15(17)12-13-6-8-14(20)9-7-13/h6-9,15,20H,4-5,10-12,17H2,1-3H3/t15-/m1/s1. The van der Waals surface area contributed by atoms with Crippen LogP contribution in [0.1, 0.15) is 18.9 Å². The summed E-state index contributed by atoms with van der Waals surface area (Å²) in [4.78, 5) is 16.3. The minimum Gasteiger partial charge on any atom is -0.508 e. The highest BCUT2D eigenvalue weighted by atomic mass is 16.3. The van der Waals surface area contributed by atoms with Gasteiger partial charge in [0.2, 0.25) is 5.91 Å². The second-order valence-corrected chi connectivity index (χ2v) is 5.55. The Morgan fingerprint density at radius 3 is 2.38 bits per heavy atom. The predicted octanol–water partition coefficient (Wildman–Crippen LogP) is 1.06. The minimum absolute atomic E-state index is 0.00988. The van der Waals surface area contributed by atoms with Gasteiger partial charge in [-0.05, 0) is 58.1 Å². The van der Waals surface area contributed by atoms with Gasteiger partial charge in [-0.1, -0.05) is 12.1 Å².